The van der Waals surface area contributed by atoms with Crippen LogP contribution in [0.4, 0.5) is 0 Å². The van der Waals surface area contributed by atoms with Crippen molar-refractivity contribution in [3.05, 3.63) is 0 Å². The molecule has 0 saturated carbocycles. The maximum absolute atomic E-state index is 5.53. The van der Waals surface area contributed by atoms with Crippen molar-refractivity contribution < 1.29 is 0 Å². The molecule has 1 unspecified atom stereocenters. The van der Waals surface area contributed by atoms with Crippen molar-refractivity contribution in [2.24, 2.45) is 11.5 Å². The van der Waals surface area contributed by atoms with Gasteiger partial charge in [-0.25, -0.2) is 0 Å². The maximum Gasteiger partial charge on any atom is 0.0163 e. The predicted molar refractivity (Wildman–Crippen MR) is 41.6 cm³/mol. The van der Waals surface area contributed by atoms with Gasteiger partial charge in [-0.05, 0) is 6.42 Å². The Morgan fingerprint density at radius 2 is 2.00 bits per heavy atom. The fourth-order valence-electron chi connectivity index (χ4n) is 0.584. The third-order valence-electron chi connectivity index (χ3n) is 1.23. The second-order valence-corrected chi connectivity index (χ2v) is 2.14. The minimum absolute atomic E-state index is 0. The summed E-state index contributed by atoms with van der Waals surface area (Å²) in [6.45, 7) is 2.78. The Kier molecular flexibility index (Phi) is 10.2. The molecular formula is C6H19N3. The van der Waals surface area contributed by atoms with Gasteiger partial charge in [0.05, 0.1) is 0 Å². The smallest absolute Gasteiger partial charge is 0.0163 e. The lowest BCUT2D eigenvalue weighted by Crippen LogP contribution is -2.29. The zero-order valence-corrected chi connectivity index (χ0v) is 6.27. The van der Waals surface area contributed by atoms with Gasteiger partial charge in [0.2, 0.25) is 0 Å². The van der Waals surface area contributed by atoms with E-state index in [1.165, 1.54) is 12.8 Å². The Morgan fingerprint density at radius 3 is 2.33 bits per heavy atom. The van der Waals surface area contributed by atoms with Gasteiger partial charge in [-0.1, -0.05) is 19.8 Å². The highest BCUT2D eigenvalue weighted by atomic mass is 14.7. The van der Waals surface area contributed by atoms with E-state index >= 15 is 0 Å². The van der Waals surface area contributed by atoms with Crippen molar-refractivity contribution in [2.75, 3.05) is 6.54 Å². The first kappa shape index (κ1) is 11.6. The Balaban J connectivity index is 0. The molecular weight excluding hydrogens is 114 g/mol. The van der Waals surface area contributed by atoms with Gasteiger partial charge in [0.25, 0.3) is 0 Å². The van der Waals surface area contributed by atoms with Gasteiger partial charge >= 0.3 is 0 Å². The standard InChI is InChI=1S/C6H16N2.H3N/c1-2-3-4-6(8)5-7;/h6H,2-5,7-8H2,1H3;1H3. The van der Waals surface area contributed by atoms with E-state index in [2.05, 4.69) is 6.92 Å². The second-order valence-electron chi connectivity index (χ2n) is 2.14. The van der Waals surface area contributed by atoms with Crippen LogP contribution in [0, 0.1) is 0 Å². The molecule has 0 heterocycles. The fraction of sp³-hybridized carbons (Fsp3) is 1.00. The average molecular weight is 133 g/mol. The lowest BCUT2D eigenvalue weighted by molar-refractivity contribution is 0.584. The monoisotopic (exact) mass is 133 g/mol. The van der Waals surface area contributed by atoms with E-state index in [1.807, 2.05) is 0 Å². The molecule has 9 heavy (non-hydrogen) atoms. The number of nitrogens with two attached hydrogens (primary N) is 2. The summed E-state index contributed by atoms with van der Waals surface area (Å²) in [5, 5.41) is 0. The van der Waals surface area contributed by atoms with Gasteiger partial charge in [-0.3, -0.25) is 0 Å². The third kappa shape index (κ3) is 7.88. The Labute approximate surface area is 57.4 Å². The highest BCUT2D eigenvalue weighted by Crippen LogP contribution is 1.95. The molecule has 0 spiro atoms. The summed E-state index contributed by atoms with van der Waals surface area (Å²) in [7, 11) is 0. The van der Waals surface area contributed by atoms with Crippen molar-refractivity contribution in [3.63, 3.8) is 0 Å². The molecule has 0 rings (SSSR count). The van der Waals surface area contributed by atoms with Crippen LogP contribution in [0.25, 0.3) is 0 Å². The van der Waals surface area contributed by atoms with E-state index in [4.69, 9.17) is 11.5 Å². The van der Waals surface area contributed by atoms with E-state index < -0.39 is 0 Å². The highest BCUT2D eigenvalue weighted by molar-refractivity contribution is 4.59. The van der Waals surface area contributed by atoms with Crippen LogP contribution in [0.3, 0.4) is 0 Å². The first-order chi connectivity index (χ1) is 3.81. The Hall–Kier alpha value is -0.120. The van der Waals surface area contributed by atoms with Crippen LogP contribution in [0.2, 0.25) is 0 Å². The molecule has 0 aromatic carbocycles. The molecule has 3 nitrogen and oxygen atoms in total. The molecule has 0 aliphatic carbocycles. The van der Waals surface area contributed by atoms with Gasteiger partial charge in [-0.15, -0.1) is 0 Å². The predicted octanol–water partition coefficient (Wildman–Crippen LogP) is 0.625. The average Bonchev–Trinajstić information content (AvgIpc) is 1.83. The van der Waals surface area contributed by atoms with Crippen LogP contribution in [0.15, 0.2) is 0 Å². The van der Waals surface area contributed by atoms with E-state index in [9.17, 15) is 0 Å². The summed E-state index contributed by atoms with van der Waals surface area (Å²) >= 11 is 0. The van der Waals surface area contributed by atoms with E-state index in [0.717, 1.165) is 6.42 Å². The van der Waals surface area contributed by atoms with E-state index in [1.54, 1.807) is 0 Å². The fourth-order valence-corrected chi connectivity index (χ4v) is 0.584. The minimum Gasteiger partial charge on any atom is -0.344 e. The van der Waals surface area contributed by atoms with Crippen molar-refractivity contribution in [1.82, 2.24) is 6.15 Å². The largest absolute Gasteiger partial charge is 0.344 e. The molecule has 0 amide bonds. The van der Waals surface area contributed by atoms with E-state index in [0.29, 0.717) is 6.54 Å². The molecule has 58 valence electrons. The van der Waals surface area contributed by atoms with Gasteiger partial charge in [0, 0.05) is 12.6 Å². The van der Waals surface area contributed by atoms with Gasteiger partial charge in [-0.2, -0.15) is 0 Å². The number of unbranched alkanes of at least 4 members (excludes halogenated alkanes) is 1. The third-order valence-corrected chi connectivity index (χ3v) is 1.23. The molecule has 0 fully saturated rings. The molecule has 0 radical (unpaired) electrons. The van der Waals surface area contributed by atoms with Crippen molar-refractivity contribution in [3.8, 4) is 0 Å². The molecule has 7 N–H and O–H groups in total. The summed E-state index contributed by atoms with van der Waals surface area (Å²) in [6, 6.07) is 0.231. The summed E-state index contributed by atoms with van der Waals surface area (Å²) in [5.74, 6) is 0. The van der Waals surface area contributed by atoms with Crippen LogP contribution >= 0.6 is 0 Å². The molecule has 0 aromatic heterocycles. The first-order valence-corrected chi connectivity index (χ1v) is 3.27. The quantitative estimate of drug-likeness (QED) is 0.525. The summed E-state index contributed by atoms with van der Waals surface area (Å²) in [5.41, 5.74) is 10.8. The van der Waals surface area contributed by atoms with Crippen molar-refractivity contribution >= 4 is 0 Å². The molecule has 3 heteroatoms. The summed E-state index contributed by atoms with van der Waals surface area (Å²) < 4.78 is 0. The number of hydrogen-bond acceptors (Lipinski definition) is 3. The number of hydrogen-bond donors (Lipinski definition) is 3. The molecule has 0 aliphatic rings. The van der Waals surface area contributed by atoms with Crippen LogP contribution in [0.1, 0.15) is 26.2 Å². The molecule has 0 aromatic rings. The highest BCUT2D eigenvalue weighted by Gasteiger charge is 1.95. The lowest BCUT2D eigenvalue weighted by Gasteiger charge is -2.04. The summed E-state index contributed by atoms with van der Waals surface area (Å²) in [4.78, 5) is 0. The lowest BCUT2D eigenvalue weighted by atomic mass is 10.1. The first-order valence-electron chi connectivity index (χ1n) is 3.27. The number of rotatable bonds is 4. The zero-order valence-electron chi connectivity index (χ0n) is 6.27. The van der Waals surface area contributed by atoms with Gasteiger partial charge in [0.15, 0.2) is 0 Å². The second kappa shape index (κ2) is 7.88. The zero-order chi connectivity index (χ0) is 6.41. The SMILES string of the molecule is CCCCC(N)CN.N. The molecule has 0 bridgehead atoms. The van der Waals surface area contributed by atoms with Gasteiger partial charge in [0.1, 0.15) is 0 Å². The summed E-state index contributed by atoms with van der Waals surface area (Å²) in [6.07, 6.45) is 3.50. The van der Waals surface area contributed by atoms with Gasteiger partial charge < -0.3 is 17.6 Å². The topological polar surface area (TPSA) is 87.0 Å². The molecule has 1 atom stereocenters. The van der Waals surface area contributed by atoms with Crippen LogP contribution in [-0.2, 0) is 0 Å². The van der Waals surface area contributed by atoms with Crippen LogP contribution in [-0.4, -0.2) is 12.6 Å². The Bertz CT molecular complexity index is 47.6. The van der Waals surface area contributed by atoms with Crippen LogP contribution < -0.4 is 17.6 Å². The van der Waals surface area contributed by atoms with Crippen LogP contribution in [0.5, 0.6) is 0 Å². The van der Waals surface area contributed by atoms with Crippen molar-refractivity contribution in [2.45, 2.75) is 32.2 Å². The molecule has 0 aliphatic heterocycles. The normalized spacial score (nSPS) is 12.3. The van der Waals surface area contributed by atoms with E-state index in [-0.39, 0.29) is 12.2 Å². The van der Waals surface area contributed by atoms with Crippen molar-refractivity contribution in [1.29, 1.82) is 0 Å². The molecule has 0 saturated heterocycles. The maximum atomic E-state index is 5.53. The Morgan fingerprint density at radius 1 is 1.44 bits per heavy atom. The minimum atomic E-state index is 0.